The number of nitrogens with one attached hydrogen (secondary N) is 1. The monoisotopic (exact) mass is 554 g/mol. The summed E-state index contributed by atoms with van der Waals surface area (Å²) in [6.07, 6.45) is 6.56. The predicted octanol–water partition coefficient (Wildman–Crippen LogP) is 4.40. The lowest BCUT2D eigenvalue weighted by Crippen LogP contribution is -2.57. The molecular formula is C26H31ClN8O2S. The number of nitrogen functional groups attached to an aromatic ring is 1. The Balaban J connectivity index is 1.50. The van der Waals surface area contributed by atoms with Crippen molar-refractivity contribution >= 4 is 55.2 Å². The van der Waals surface area contributed by atoms with E-state index in [2.05, 4.69) is 51.0 Å². The van der Waals surface area contributed by atoms with Gasteiger partial charge in [-0.3, -0.25) is 4.68 Å². The largest absolute Gasteiger partial charge is 0.398 e. The lowest BCUT2D eigenvalue weighted by Gasteiger charge is -2.48. The highest BCUT2D eigenvalue weighted by Gasteiger charge is 2.38. The average Bonchev–Trinajstić information content (AvgIpc) is 3.17. The normalized spacial score (nSPS) is 17.7. The van der Waals surface area contributed by atoms with Gasteiger partial charge in [-0.05, 0) is 42.0 Å². The van der Waals surface area contributed by atoms with Gasteiger partial charge < -0.3 is 16.0 Å². The van der Waals surface area contributed by atoms with Gasteiger partial charge in [-0.25, -0.2) is 23.4 Å². The van der Waals surface area contributed by atoms with Crippen molar-refractivity contribution in [1.29, 1.82) is 0 Å². The second-order valence-electron chi connectivity index (χ2n) is 10.3. The fraction of sp³-hybridized carbons (Fsp3) is 0.385. The fourth-order valence-electron chi connectivity index (χ4n) is 5.18. The highest BCUT2D eigenvalue weighted by molar-refractivity contribution is 7.90. The molecule has 38 heavy (non-hydrogen) atoms. The first-order chi connectivity index (χ1) is 17.9. The summed E-state index contributed by atoms with van der Waals surface area (Å²) in [4.78, 5) is 15.8. The number of hydrogen-bond donors (Lipinski definition) is 2. The minimum atomic E-state index is -3.04. The van der Waals surface area contributed by atoms with E-state index in [1.807, 2.05) is 18.3 Å². The van der Waals surface area contributed by atoms with Crippen molar-refractivity contribution in [3.63, 3.8) is 0 Å². The molecule has 4 aromatic rings. The molecule has 2 atom stereocenters. The number of aryl methyl sites for hydroxylation is 1. The third kappa shape index (κ3) is 5.00. The zero-order valence-electron chi connectivity index (χ0n) is 22.0. The maximum atomic E-state index is 11.8. The van der Waals surface area contributed by atoms with Gasteiger partial charge in [0.05, 0.1) is 11.3 Å². The molecule has 0 spiro atoms. The van der Waals surface area contributed by atoms with Crippen molar-refractivity contribution in [3.8, 4) is 11.4 Å². The Morgan fingerprint density at radius 2 is 1.97 bits per heavy atom. The standard InChI is InChI=1S/C26H31ClN8O2S/c1-14(2)24-17-8-23(31-22-6-7-29-26(32-22)19-12-34(4)33-25(19)27)30-10-18(17)21(9-20(24)28)35-11-16(15(35)3)13-38(5,36)37/h6-10,12,14-16H,11,13,28H2,1-5H3,(H,29,30,31,32)/t15-,16-/m1/s1. The Bertz CT molecular complexity index is 1640. The van der Waals surface area contributed by atoms with Crippen LogP contribution in [0.25, 0.3) is 22.2 Å². The molecule has 1 saturated heterocycles. The lowest BCUT2D eigenvalue weighted by atomic mass is 9.88. The van der Waals surface area contributed by atoms with Crippen LogP contribution in [-0.4, -0.2) is 57.7 Å². The van der Waals surface area contributed by atoms with Crippen LogP contribution in [0.1, 0.15) is 32.3 Å². The maximum absolute atomic E-state index is 11.8. The molecule has 0 bridgehead atoms. The molecule has 0 saturated carbocycles. The van der Waals surface area contributed by atoms with Crippen LogP contribution in [0.3, 0.4) is 0 Å². The third-order valence-corrected chi connectivity index (χ3v) is 8.33. The SMILES string of the molecule is CC(C)c1c(N)cc(N2C[C@H](CS(C)(=O)=O)[C@H]2C)c2cnc(Nc3ccnc(-c4cn(C)nc4Cl)n3)cc12. The van der Waals surface area contributed by atoms with Crippen LogP contribution in [0.4, 0.5) is 23.0 Å². The summed E-state index contributed by atoms with van der Waals surface area (Å²) in [5.41, 5.74) is 9.94. The van der Waals surface area contributed by atoms with Crippen molar-refractivity contribution in [2.75, 3.05) is 34.5 Å². The van der Waals surface area contributed by atoms with E-state index in [1.54, 1.807) is 30.2 Å². The van der Waals surface area contributed by atoms with Gasteiger partial charge in [0.25, 0.3) is 0 Å². The van der Waals surface area contributed by atoms with Gasteiger partial charge in [0, 0.05) is 67.2 Å². The van der Waals surface area contributed by atoms with E-state index >= 15 is 0 Å². The van der Waals surface area contributed by atoms with Crippen molar-refractivity contribution in [1.82, 2.24) is 24.7 Å². The molecular weight excluding hydrogens is 524 g/mol. The van der Waals surface area contributed by atoms with Gasteiger partial charge in [0.15, 0.2) is 11.0 Å². The number of aromatic nitrogens is 5. The Morgan fingerprint density at radius 1 is 1.21 bits per heavy atom. The number of nitrogens with two attached hydrogens (primary N) is 1. The van der Waals surface area contributed by atoms with Crippen LogP contribution in [0.5, 0.6) is 0 Å². The van der Waals surface area contributed by atoms with Gasteiger partial charge in [0.2, 0.25) is 0 Å². The Kier molecular flexibility index (Phi) is 6.68. The maximum Gasteiger partial charge on any atom is 0.166 e. The summed E-state index contributed by atoms with van der Waals surface area (Å²) in [7, 11) is -1.26. The summed E-state index contributed by atoms with van der Waals surface area (Å²) in [6, 6.07) is 5.82. The summed E-state index contributed by atoms with van der Waals surface area (Å²) in [5.74, 6) is 2.09. The molecule has 0 aliphatic carbocycles. The van der Waals surface area contributed by atoms with Crippen LogP contribution in [-0.2, 0) is 16.9 Å². The summed E-state index contributed by atoms with van der Waals surface area (Å²) in [6.45, 7) is 6.94. The molecule has 1 aromatic carbocycles. The van der Waals surface area contributed by atoms with Gasteiger partial charge in [-0.15, -0.1) is 0 Å². The number of pyridine rings is 1. The van der Waals surface area contributed by atoms with E-state index in [0.29, 0.717) is 40.4 Å². The second-order valence-corrected chi connectivity index (χ2v) is 12.9. The molecule has 12 heteroatoms. The van der Waals surface area contributed by atoms with Crippen molar-refractivity contribution < 1.29 is 8.42 Å². The number of halogens is 1. The van der Waals surface area contributed by atoms with E-state index in [1.165, 1.54) is 6.26 Å². The van der Waals surface area contributed by atoms with Crippen molar-refractivity contribution in [3.05, 3.63) is 47.5 Å². The smallest absolute Gasteiger partial charge is 0.166 e. The zero-order chi connectivity index (χ0) is 27.4. The van der Waals surface area contributed by atoms with Crippen LogP contribution in [0.15, 0.2) is 36.8 Å². The fourth-order valence-corrected chi connectivity index (χ4v) is 6.59. The van der Waals surface area contributed by atoms with Gasteiger partial charge >= 0.3 is 0 Å². The molecule has 1 aliphatic heterocycles. The van der Waals surface area contributed by atoms with Crippen molar-refractivity contribution in [2.24, 2.45) is 13.0 Å². The predicted molar refractivity (Wildman–Crippen MR) is 153 cm³/mol. The molecule has 0 radical (unpaired) electrons. The van der Waals surface area contributed by atoms with Gasteiger partial charge in [0.1, 0.15) is 21.5 Å². The summed E-state index contributed by atoms with van der Waals surface area (Å²) in [5, 5.41) is 9.74. The lowest BCUT2D eigenvalue weighted by molar-refractivity contribution is 0.342. The first-order valence-corrected chi connectivity index (χ1v) is 14.8. The van der Waals surface area contributed by atoms with E-state index < -0.39 is 9.84 Å². The Labute approximate surface area is 227 Å². The topological polar surface area (TPSA) is 132 Å². The molecule has 5 rings (SSSR count). The Hall–Kier alpha value is -3.44. The summed E-state index contributed by atoms with van der Waals surface area (Å²) < 4.78 is 25.3. The highest BCUT2D eigenvalue weighted by atomic mass is 35.5. The van der Waals surface area contributed by atoms with Crippen molar-refractivity contribution in [2.45, 2.75) is 32.7 Å². The zero-order valence-corrected chi connectivity index (χ0v) is 23.5. The number of nitrogens with zero attached hydrogens (tertiary/aromatic N) is 6. The minimum Gasteiger partial charge on any atom is -0.398 e. The second kappa shape index (κ2) is 9.70. The first-order valence-electron chi connectivity index (χ1n) is 12.4. The Morgan fingerprint density at radius 3 is 2.61 bits per heavy atom. The van der Waals surface area contributed by atoms with E-state index in [9.17, 15) is 8.42 Å². The number of sulfone groups is 1. The van der Waals surface area contributed by atoms with Crippen LogP contribution in [0, 0.1) is 5.92 Å². The summed E-state index contributed by atoms with van der Waals surface area (Å²) >= 11 is 6.24. The van der Waals surface area contributed by atoms with Crippen LogP contribution in [0.2, 0.25) is 5.15 Å². The molecule has 10 nitrogen and oxygen atoms in total. The third-order valence-electron chi connectivity index (χ3n) is 7.02. The van der Waals surface area contributed by atoms with Crippen LogP contribution >= 0.6 is 11.6 Å². The first kappa shape index (κ1) is 26.2. The van der Waals surface area contributed by atoms with E-state index in [4.69, 9.17) is 17.3 Å². The van der Waals surface area contributed by atoms with Crippen LogP contribution < -0.4 is 16.0 Å². The minimum absolute atomic E-state index is 0.0776. The molecule has 4 heterocycles. The molecule has 200 valence electrons. The average molecular weight is 555 g/mol. The van der Waals surface area contributed by atoms with E-state index in [0.717, 1.165) is 22.0 Å². The molecule has 0 unspecified atom stereocenters. The molecule has 0 amide bonds. The highest BCUT2D eigenvalue weighted by Crippen LogP contribution is 2.42. The molecule has 1 fully saturated rings. The molecule has 1 aliphatic rings. The van der Waals surface area contributed by atoms with Gasteiger partial charge in [-0.1, -0.05) is 25.4 Å². The number of hydrogen-bond acceptors (Lipinski definition) is 9. The molecule has 3 aromatic heterocycles. The number of benzene rings is 1. The van der Waals surface area contributed by atoms with Gasteiger partial charge in [-0.2, -0.15) is 5.10 Å². The van der Waals surface area contributed by atoms with E-state index in [-0.39, 0.29) is 23.6 Å². The number of fused-ring (bicyclic) bond motifs is 1. The number of anilines is 4. The number of rotatable bonds is 7. The molecule has 3 N–H and O–H groups in total. The quantitative estimate of drug-likeness (QED) is 0.319.